The Morgan fingerprint density at radius 2 is 1.80 bits per heavy atom. The van der Waals surface area contributed by atoms with E-state index in [9.17, 15) is 0 Å². The summed E-state index contributed by atoms with van der Waals surface area (Å²) >= 11 is 1.90. The third kappa shape index (κ3) is 4.19. The van der Waals surface area contributed by atoms with Gasteiger partial charge in [-0.25, -0.2) is 4.98 Å². The summed E-state index contributed by atoms with van der Waals surface area (Å²) in [5, 5.41) is 4.53. The van der Waals surface area contributed by atoms with Crippen molar-refractivity contribution in [2.45, 2.75) is 53.0 Å². The van der Waals surface area contributed by atoms with Crippen LogP contribution in [0.25, 0.3) is 0 Å². The van der Waals surface area contributed by atoms with Crippen molar-refractivity contribution >= 4 is 16.5 Å². The highest BCUT2D eigenvalue weighted by molar-refractivity contribution is 7.15. The first-order valence-corrected chi connectivity index (χ1v) is 8.72. The molecule has 0 unspecified atom stereocenters. The number of hydrogen-bond donors (Lipinski definition) is 1. The maximum absolute atomic E-state index is 5.00. The molecule has 1 saturated carbocycles. The monoisotopic (exact) mass is 295 g/mol. The Bertz CT molecular complexity index is 411. The molecule has 0 amide bonds. The first-order valence-electron chi connectivity index (χ1n) is 7.90. The van der Waals surface area contributed by atoms with E-state index in [0.717, 1.165) is 25.6 Å². The van der Waals surface area contributed by atoms with E-state index in [1.165, 1.54) is 28.5 Å². The number of nitrogens with zero attached hydrogens (tertiary/aromatic N) is 2. The summed E-state index contributed by atoms with van der Waals surface area (Å²) in [6.45, 7) is 12.3. The van der Waals surface area contributed by atoms with Crippen molar-refractivity contribution in [3.05, 3.63) is 10.6 Å². The second kappa shape index (κ2) is 6.90. The predicted octanol–water partition coefficient (Wildman–Crippen LogP) is 3.86. The van der Waals surface area contributed by atoms with E-state index in [-0.39, 0.29) is 0 Å². The summed E-state index contributed by atoms with van der Waals surface area (Å²) in [6, 6.07) is 0. The fourth-order valence-electron chi connectivity index (χ4n) is 2.56. The van der Waals surface area contributed by atoms with Crippen molar-refractivity contribution in [3.8, 4) is 0 Å². The fourth-order valence-corrected chi connectivity index (χ4v) is 3.74. The molecule has 1 aliphatic rings. The minimum absolute atomic E-state index is 0.676. The molecular formula is C16H29N3S. The average Bonchev–Trinajstić information content (AvgIpc) is 3.10. The highest BCUT2D eigenvalue weighted by atomic mass is 32.1. The largest absolute Gasteiger partial charge is 0.348 e. The highest BCUT2D eigenvalue weighted by Crippen LogP contribution is 2.44. The number of anilines is 1. The van der Waals surface area contributed by atoms with Gasteiger partial charge in [-0.15, -0.1) is 11.3 Å². The van der Waals surface area contributed by atoms with E-state index in [4.69, 9.17) is 4.98 Å². The minimum atomic E-state index is 0.676. The fraction of sp³-hybridized carbons (Fsp3) is 0.812. The molecule has 4 heteroatoms. The van der Waals surface area contributed by atoms with Crippen LogP contribution in [0, 0.1) is 11.8 Å². The molecular weight excluding hydrogens is 266 g/mol. The summed E-state index contributed by atoms with van der Waals surface area (Å²) < 4.78 is 0. The van der Waals surface area contributed by atoms with E-state index >= 15 is 0 Å². The molecule has 0 aromatic carbocycles. The predicted molar refractivity (Wildman–Crippen MR) is 88.7 cm³/mol. The van der Waals surface area contributed by atoms with Crippen molar-refractivity contribution in [2.75, 3.05) is 25.0 Å². The standard InChI is InChI=1S/C16H29N3S/c1-11(2)9-19(10-12(3)4)16-18-15(13-6-7-13)14(20-16)8-17-5/h11-13,17H,6-10H2,1-5H3. The van der Waals surface area contributed by atoms with Crippen molar-refractivity contribution in [1.82, 2.24) is 10.3 Å². The van der Waals surface area contributed by atoms with Crippen LogP contribution in [-0.2, 0) is 6.54 Å². The average molecular weight is 295 g/mol. The van der Waals surface area contributed by atoms with Gasteiger partial charge in [-0.1, -0.05) is 27.7 Å². The van der Waals surface area contributed by atoms with Crippen LogP contribution in [-0.4, -0.2) is 25.1 Å². The van der Waals surface area contributed by atoms with Crippen molar-refractivity contribution in [1.29, 1.82) is 0 Å². The molecule has 114 valence electrons. The Labute approximate surface area is 127 Å². The molecule has 1 heterocycles. The van der Waals surface area contributed by atoms with Gasteiger partial charge in [0.25, 0.3) is 0 Å². The third-order valence-electron chi connectivity index (χ3n) is 3.46. The summed E-state index contributed by atoms with van der Waals surface area (Å²) in [7, 11) is 2.02. The molecule has 2 rings (SSSR count). The van der Waals surface area contributed by atoms with Crippen molar-refractivity contribution in [3.63, 3.8) is 0 Å². The number of hydrogen-bond acceptors (Lipinski definition) is 4. The Morgan fingerprint density at radius 3 is 2.25 bits per heavy atom. The zero-order valence-corrected chi connectivity index (χ0v) is 14.4. The molecule has 0 spiro atoms. The van der Waals surface area contributed by atoms with Crippen LogP contribution >= 0.6 is 11.3 Å². The van der Waals surface area contributed by atoms with Gasteiger partial charge in [0, 0.05) is 30.4 Å². The van der Waals surface area contributed by atoms with Crippen molar-refractivity contribution < 1.29 is 0 Å². The topological polar surface area (TPSA) is 28.2 Å². The van der Waals surface area contributed by atoms with Crippen LogP contribution in [0.4, 0.5) is 5.13 Å². The lowest BCUT2D eigenvalue weighted by Gasteiger charge is -2.25. The Hall–Kier alpha value is -0.610. The Morgan fingerprint density at radius 1 is 1.20 bits per heavy atom. The van der Waals surface area contributed by atoms with E-state index in [2.05, 4.69) is 37.9 Å². The summed E-state index contributed by atoms with van der Waals surface area (Å²) in [5.41, 5.74) is 1.37. The van der Waals surface area contributed by atoms with Crippen LogP contribution in [0.2, 0.25) is 0 Å². The highest BCUT2D eigenvalue weighted by Gasteiger charge is 2.30. The zero-order chi connectivity index (χ0) is 14.7. The summed E-state index contributed by atoms with van der Waals surface area (Å²) in [6.07, 6.45) is 2.66. The van der Waals surface area contributed by atoms with Crippen LogP contribution in [0.3, 0.4) is 0 Å². The lowest BCUT2D eigenvalue weighted by Crippen LogP contribution is -2.31. The smallest absolute Gasteiger partial charge is 0.185 e. The third-order valence-corrected chi connectivity index (χ3v) is 4.59. The summed E-state index contributed by atoms with van der Waals surface area (Å²) in [4.78, 5) is 8.94. The first kappa shape index (κ1) is 15.8. The Kier molecular flexibility index (Phi) is 5.44. The van der Waals surface area contributed by atoms with E-state index in [1.54, 1.807) is 0 Å². The van der Waals surface area contributed by atoms with Gasteiger partial charge >= 0.3 is 0 Å². The minimum Gasteiger partial charge on any atom is -0.348 e. The van der Waals surface area contributed by atoms with Crippen LogP contribution < -0.4 is 10.2 Å². The van der Waals surface area contributed by atoms with Gasteiger partial charge in [0.15, 0.2) is 5.13 Å². The normalized spacial score (nSPS) is 15.3. The maximum Gasteiger partial charge on any atom is 0.185 e. The van der Waals surface area contributed by atoms with E-state index in [0.29, 0.717) is 11.8 Å². The van der Waals surface area contributed by atoms with Crippen LogP contribution in [0.15, 0.2) is 0 Å². The van der Waals surface area contributed by atoms with E-state index in [1.807, 2.05) is 18.4 Å². The molecule has 0 atom stereocenters. The molecule has 1 aromatic rings. The molecule has 0 radical (unpaired) electrons. The molecule has 0 aliphatic heterocycles. The molecule has 20 heavy (non-hydrogen) atoms. The van der Waals surface area contributed by atoms with Gasteiger partial charge < -0.3 is 10.2 Å². The summed E-state index contributed by atoms with van der Waals surface area (Å²) in [5.74, 6) is 2.09. The number of aromatic nitrogens is 1. The molecule has 1 aromatic heterocycles. The second-order valence-electron chi connectivity index (χ2n) is 6.80. The molecule has 0 saturated heterocycles. The first-order chi connectivity index (χ1) is 9.51. The number of nitrogens with one attached hydrogen (secondary N) is 1. The van der Waals surface area contributed by atoms with Gasteiger partial charge in [0.2, 0.25) is 0 Å². The van der Waals surface area contributed by atoms with Gasteiger partial charge in [0.05, 0.1) is 5.69 Å². The van der Waals surface area contributed by atoms with Gasteiger partial charge in [-0.05, 0) is 31.7 Å². The molecule has 1 aliphatic carbocycles. The van der Waals surface area contributed by atoms with Gasteiger partial charge in [-0.3, -0.25) is 0 Å². The lowest BCUT2D eigenvalue weighted by atomic mass is 10.1. The molecule has 1 N–H and O–H groups in total. The maximum atomic E-state index is 5.00. The van der Waals surface area contributed by atoms with Crippen molar-refractivity contribution in [2.24, 2.45) is 11.8 Å². The SMILES string of the molecule is CNCc1sc(N(CC(C)C)CC(C)C)nc1C1CC1. The lowest BCUT2D eigenvalue weighted by molar-refractivity contribution is 0.551. The zero-order valence-electron chi connectivity index (χ0n) is 13.6. The van der Waals surface area contributed by atoms with Crippen LogP contribution in [0.1, 0.15) is 57.0 Å². The Balaban J connectivity index is 2.20. The second-order valence-corrected chi connectivity index (χ2v) is 7.86. The molecule has 3 nitrogen and oxygen atoms in total. The quantitative estimate of drug-likeness (QED) is 0.789. The van der Waals surface area contributed by atoms with Gasteiger partial charge in [0.1, 0.15) is 0 Å². The molecule has 1 fully saturated rings. The number of rotatable bonds is 8. The van der Waals surface area contributed by atoms with Crippen LogP contribution in [0.5, 0.6) is 0 Å². The molecule has 0 bridgehead atoms. The number of thiazole rings is 1. The van der Waals surface area contributed by atoms with Gasteiger partial charge in [-0.2, -0.15) is 0 Å². The van der Waals surface area contributed by atoms with E-state index < -0.39 is 0 Å².